The van der Waals surface area contributed by atoms with Gasteiger partial charge in [0.25, 0.3) is 0 Å². The van der Waals surface area contributed by atoms with Crippen molar-refractivity contribution in [3.05, 3.63) is 23.5 Å². The third kappa shape index (κ3) is 3.26. The minimum atomic E-state index is -4.03. The van der Waals surface area contributed by atoms with E-state index in [2.05, 4.69) is 0 Å². The molecule has 0 radical (unpaired) electrons. The molecule has 0 aromatic heterocycles. The van der Waals surface area contributed by atoms with Crippen LogP contribution in [0.25, 0.3) is 0 Å². The van der Waals surface area contributed by atoms with Crippen molar-refractivity contribution in [2.45, 2.75) is 63.9 Å². The van der Waals surface area contributed by atoms with Crippen molar-refractivity contribution in [1.82, 2.24) is 0 Å². The Morgan fingerprint density at radius 3 is 2.12 bits per heavy atom. The summed E-state index contributed by atoms with van der Waals surface area (Å²) < 4.78 is 54.8. The van der Waals surface area contributed by atoms with Crippen LogP contribution in [0.4, 0.5) is 4.39 Å². The molecular formula is C17H27BFNO5S. The average Bonchev–Trinajstić information content (AvgIpc) is 2.72. The first-order valence-corrected chi connectivity index (χ1v) is 10.0. The summed E-state index contributed by atoms with van der Waals surface area (Å²) in [5.41, 5.74) is -0.695. The standard InChI is InChI=1S/C17H27BFNO5S/c1-8-17(6,26(20,21)22)12-9-11(10-13(19)14(12)23-7)18-24-15(2,3)16(4,5)25-18/h9-10H,8H2,1-7H3,(H2,20,21,22). The maximum absolute atomic E-state index is 14.7. The molecular weight excluding hydrogens is 360 g/mol. The second-order valence-electron chi connectivity index (χ2n) is 7.80. The summed E-state index contributed by atoms with van der Waals surface area (Å²) in [6, 6.07) is 2.78. The van der Waals surface area contributed by atoms with Gasteiger partial charge in [-0.15, -0.1) is 0 Å². The Hall–Kier alpha value is -1.16. The van der Waals surface area contributed by atoms with Gasteiger partial charge in [0.1, 0.15) is 4.75 Å². The maximum atomic E-state index is 14.7. The number of hydrogen-bond donors (Lipinski definition) is 1. The van der Waals surface area contributed by atoms with E-state index in [4.69, 9.17) is 19.2 Å². The van der Waals surface area contributed by atoms with Crippen molar-refractivity contribution >= 4 is 22.6 Å². The Bertz CT molecular complexity index is 796. The maximum Gasteiger partial charge on any atom is 0.494 e. The Labute approximate surface area is 155 Å². The van der Waals surface area contributed by atoms with Crippen molar-refractivity contribution in [3.63, 3.8) is 0 Å². The molecule has 9 heteroatoms. The highest BCUT2D eigenvalue weighted by Gasteiger charge is 2.52. The van der Waals surface area contributed by atoms with E-state index < -0.39 is 38.9 Å². The van der Waals surface area contributed by atoms with Gasteiger partial charge in [0, 0.05) is 5.56 Å². The van der Waals surface area contributed by atoms with Gasteiger partial charge in [-0.3, -0.25) is 0 Å². The zero-order valence-electron chi connectivity index (χ0n) is 16.3. The molecule has 1 unspecified atom stereocenters. The van der Waals surface area contributed by atoms with E-state index in [9.17, 15) is 12.8 Å². The van der Waals surface area contributed by atoms with E-state index in [-0.39, 0.29) is 17.7 Å². The normalized spacial score (nSPS) is 21.5. The van der Waals surface area contributed by atoms with Crippen LogP contribution in [0.2, 0.25) is 0 Å². The number of ether oxygens (including phenoxy) is 1. The summed E-state index contributed by atoms with van der Waals surface area (Å²) in [5.74, 6) is -0.846. The van der Waals surface area contributed by atoms with Crippen LogP contribution >= 0.6 is 0 Å². The van der Waals surface area contributed by atoms with Gasteiger partial charge in [0.15, 0.2) is 11.6 Å². The molecule has 1 heterocycles. The molecule has 26 heavy (non-hydrogen) atoms. The van der Waals surface area contributed by atoms with Gasteiger partial charge in [0.2, 0.25) is 10.0 Å². The fourth-order valence-electron chi connectivity index (χ4n) is 2.87. The Morgan fingerprint density at radius 1 is 1.23 bits per heavy atom. The van der Waals surface area contributed by atoms with Crippen molar-refractivity contribution in [2.24, 2.45) is 5.14 Å². The van der Waals surface area contributed by atoms with Gasteiger partial charge >= 0.3 is 7.12 Å². The van der Waals surface area contributed by atoms with Crippen molar-refractivity contribution in [3.8, 4) is 5.75 Å². The van der Waals surface area contributed by atoms with Crippen molar-refractivity contribution in [1.29, 1.82) is 0 Å². The van der Waals surface area contributed by atoms with Crippen LogP contribution in [-0.2, 0) is 24.1 Å². The lowest BCUT2D eigenvalue weighted by molar-refractivity contribution is 0.00578. The number of hydrogen-bond acceptors (Lipinski definition) is 5. The summed E-state index contributed by atoms with van der Waals surface area (Å²) in [5, 5.41) is 5.45. The largest absolute Gasteiger partial charge is 0.494 e. The highest BCUT2D eigenvalue weighted by atomic mass is 32.2. The number of methoxy groups -OCH3 is 1. The number of primary sulfonamides is 1. The lowest BCUT2D eigenvalue weighted by Gasteiger charge is -2.32. The molecule has 2 rings (SSSR count). The third-order valence-corrected chi connectivity index (χ3v) is 7.43. The molecule has 1 aliphatic heterocycles. The summed E-state index contributed by atoms with van der Waals surface area (Å²) in [7, 11) is -3.58. The Balaban J connectivity index is 2.66. The van der Waals surface area contributed by atoms with Gasteiger partial charge < -0.3 is 14.0 Å². The summed E-state index contributed by atoms with van der Waals surface area (Å²) >= 11 is 0. The third-order valence-electron chi connectivity index (χ3n) is 5.67. The number of rotatable bonds is 5. The zero-order valence-corrected chi connectivity index (χ0v) is 17.2. The van der Waals surface area contributed by atoms with E-state index in [1.807, 2.05) is 27.7 Å². The molecule has 0 amide bonds. The molecule has 0 saturated carbocycles. The topological polar surface area (TPSA) is 87.8 Å². The molecule has 1 atom stereocenters. The van der Waals surface area contributed by atoms with E-state index in [0.29, 0.717) is 5.46 Å². The fourth-order valence-corrected chi connectivity index (χ4v) is 3.74. The molecule has 0 bridgehead atoms. The summed E-state index contributed by atoms with van der Waals surface area (Å²) in [6.45, 7) is 10.7. The van der Waals surface area contributed by atoms with Crippen LogP contribution in [0, 0.1) is 5.82 Å². The van der Waals surface area contributed by atoms with E-state index in [1.54, 1.807) is 6.92 Å². The number of sulfonamides is 1. The van der Waals surface area contributed by atoms with E-state index in [0.717, 1.165) is 0 Å². The smallest absolute Gasteiger partial charge is 0.493 e. The molecule has 146 valence electrons. The van der Waals surface area contributed by atoms with Crippen LogP contribution in [0.1, 0.15) is 53.5 Å². The van der Waals surface area contributed by atoms with Gasteiger partial charge in [0.05, 0.1) is 18.3 Å². The number of halogens is 1. The molecule has 1 aliphatic rings. The predicted molar refractivity (Wildman–Crippen MR) is 99.4 cm³/mol. The van der Waals surface area contributed by atoms with Crippen LogP contribution in [0.5, 0.6) is 5.75 Å². The fraction of sp³-hybridized carbons (Fsp3) is 0.647. The summed E-state index contributed by atoms with van der Waals surface area (Å²) in [4.78, 5) is 0. The van der Waals surface area contributed by atoms with Gasteiger partial charge in [-0.05, 0) is 52.6 Å². The molecule has 1 aromatic carbocycles. The van der Waals surface area contributed by atoms with Crippen LogP contribution in [-0.4, -0.2) is 33.8 Å². The van der Waals surface area contributed by atoms with Gasteiger partial charge in [-0.2, -0.15) is 0 Å². The average molecular weight is 387 g/mol. The zero-order chi connectivity index (χ0) is 20.1. The summed E-state index contributed by atoms with van der Waals surface area (Å²) in [6.07, 6.45) is 0.147. The first-order chi connectivity index (χ1) is 11.7. The SMILES string of the molecule is CCC(C)(c1cc(B2OC(C)(C)C(C)(C)O2)cc(F)c1OC)S(N)(=O)=O. The lowest BCUT2D eigenvalue weighted by atomic mass is 9.76. The van der Waals surface area contributed by atoms with Gasteiger partial charge in [-0.25, -0.2) is 17.9 Å². The highest BCUT2D eigenvalue weighted by Crippen LogP contribution is 2.40. The quantitative estimate of drug-likeness (QED) is 0.782. The molecule has 0 spiro atoms. The van der Waals surface area contributed by atoms with Crippen molar-refractivity contribution < 1.29 is 26.9 Å². The van der Waals surface area contributed by atoms with Crippen molar-refractivity contribution in [2.75, 3.05) is 7.11 Å². The Morgan fingerprint density at radius 2 is 1.73 bits per heavy atom. The monoisotopic (exact) mass is 387 g/mol. The predicted octanol–water partition coefficient (Wildman–Crippen LogP) is 2.05. The first kappa shape index (κ1) is 21.1. The molecule has 6 nitrogen and oxygen atoms in total. The lowest BCUT2D eigenvalue weighted by Crippen LogP contribution is -2.41. The highest BCUT2D eigenvalue weighted by molar-refractivity contribution is 7.90. The van der Waals surface area contributed by atoms with Crippen LogP contribution < -0.4 is 15.3 Å². The van der Waals surface area contributed by atoms with E-state index >= 15 is 0 Å². The second kappa shape index (κ2) is 6.47. The number of nitrogens with two attached hydrogens (primary N) is 1. The second-order valence-corrected chi connectivity index (χ2v) is 9.79. The Kier molecular flexibility index (Phi) is 5.27. The minimum absolute atomic E-state index is 0.147. The number of benzene rings is 1. The molecule has 0 aliphatic carbocycles. The molecule has 1 saturated heterocycles. The van der Waals surface area contributed by atoms with E-state index in [1.165, 1.54) is 26.2 Å². The first-order valence-electron chi connectivity index (χ1n) is 8.46. The van der Waals surface area contributed by atoms with Crippen LogP contribution in [0.15, 0.2) is 12.1 Å². The van der Waals surface area contributed by atoms with Crippen LogP contribution in [0.3, 0.4) is 0 Å². The van der Waals surface area contributed by atoms with Gasteiger partial charge in [-0.1, -0.05) is 13.0 Å². The molecule has 2 N–H and O–H groups in total. The molecule has 1 aromatic rings. The molecule has 1 fully saturated rings. The minimum Gasteiger partial charge on any atom is -0.493 e.